The lowest BCUT2D eigenvalue weighted by atomic mass is 10.2. The molecule has 0 fully saturated rings. The first kappa shape index (κ1) is 20.6. The standard InChI is InChI=1S/C21H22O6/c1-4-5-6-19(24-26-20(22)17-11-7-15(2)8-12-17)25-27-21(23)18-13-9-16(3)10-14-18/h7-14H,1,4-6H2,2-3H3. The molecule has 0 atom stereocenters. The Kier molecular flexibility index (Phi) is 7.98. The molecule has 6 nitrogen and oxygen atoms in total. The summed E-state index contributed by atoms with van der Waals surface area (Å²) >= 11 is 0. The van der Waals surface area contributed by atoms with Crippen LogP contribution in [0.2, 0.25) is 0 Å². The molecule has 0 saturated carbocycles. The number of aryl methyl sites for hydroxylation is 2. The maximum atomic E-state index is 12.0. The highest BCUT2D eigenvalue weighted by Crippen LogP contribution is 2.18. The second kappa shape index (κ2) is 10.4. The largest absolute Gasteiger partial charge is 0.373 e. The zero-order valence-corrected chi connectivity index (χ0v) is 15.4. The molecule has 0 heterocycles. The minimum Gasteiger partial charge on any atom is -0.289 e. The van der Waals surface area contributed by atoms with Crippen molar-refractivity contribution in [2.45, 2.75) is 33.1 Å². The molecule has 0 aromatic heterocycles. The number of carbonyl (C=O) groups excluding carboxylic acids is 2. The summed E-state index contributed by atoms with van der Waals surface area (Å²) in [6.07, 6.45) is 1.32. The monoisotopic (exact) mass is 370 g/mol. The van der Waals surface area contributed by atoms with E-state index in [0.29, 0.717) is 24.0 Å². The second-order valence-corrected chi connectivity index (χ2v) is 5.97. The number of hydrogen-bond donors (Lipinski definition) is 0. The van der Waals surface area contributed by atoms with E-state index in [1.165, 1.54) is 0 Å². The first-order valence-electron chi connectivity index (χ1n) is 8.55. The maximum absolute atomic E-state index is 12.0. The van der Waals surface area contributed by atoms with E-state index in [4.69, 9.17) is 19.6 Å². The van der Waals surface area contributed by atoms with Crippen LogP contribution in [0.5, 0.6) is 0 Å². The van der Waals surface area contributed by atoms with Crippen molar-refractivity contribution in [1.29, 1.82) is 0 Å². The van der Waals surface area contributed by atoms with Gasteiger partial charge in [-0.1, -0.05) is 48.7 Å². The van der Waals surface area contributed by atoms with Crippen LogP contribution < -0.4 is 0 Å². The molecule has 142 valence electrons. The van der Waals surface area contributed by atoms with Crippen molar-refractivity contribution in [2.24, 2.45) is 0 Å². The third-order valence-electron chi connectivity index (χ3n) is 3.63. The number of benzene rings is 2. The van der Waals surface area contributed by atoms with Crippen LogP contribution in [0.4, 0.5) is 0 Å². The Labute approximate surface area is 158 Å². The summed E-state index contributed by atoms with van der Waals surface area (Å²) in [7, 11) is 0. The van der Waals surface area contributed by atoms with Gasteiger partial charge in [0.2, 0.25) is 0 Å². The lowest BCUT2D eigenvalue weighted by molar-refractivity contribution is -0.363. The Bertz CT molecular complexity index is 675. The average molecular weight is 370 g/mol. The Morgan fingerprint density at radius 3 is 1.52 bits per heavy atom. The van der Waals surface area contributed by atoms with Crippen molar-refractivity contribution in [3.63, 3.8) is 0 Å². The van der Waals surface area contributed by atoms with Crippen LogP contribution in [0, 0.1) is 27.1 Å². The molecular weight excluding hydrogens is 348 g/mol. The topological polar surface area (TPSA) is 71.1 Å². The van der Waals surface area contributed by atoms with Gasteiger partial charge in [0.25, 0.3) is 0 Å². The third kappa shape index (κ3) is 6.84. The van der Waals surface area contributed by atoms with E-state index in [1.807, 2.05) is 13.8 Å². The zero-order chi connectivity index (χ0) is 19.6. The minimum absolute atomic E-state index is 0.139. The highest BCUT2D eigenvalue weighted by Gasteiger charge is 2.21. The number of unbranched alkanes of at least 4 members (excludes halogenated alkanes) is 1. The Morgan fingerprint density at radius 1 is 0.741 bits per heavy atom. The smallest absolute Gasteiger partial charge is 0.289 e. The average Bonchev–Trinajstić information content (AvgIpc) is 2.68. The van der Waals surface area contributed by atoms with Crippen LogP contribution in [0.15, 0.2) is 48.5 Å². The fraction of sp³-hybridized carbons (Fsp3) is 0.238. The second-order valence-electron chi connectivity index (χ2n) is 5.97. The van der Waals surface area contributed by atoms with Gasteiger partial charge in [-0.05, 0) is 44.5 Å². The van der Waals surface area contributed by atoms with Crippen LogP contribution in [0.3, 0.4) is 0 Å². The fourth-order valence-electron chi connectivity index (χ4n) is 2.01. The Morgan fingerprint density at radius 2 is 1.15 bits per heavy atom. The first-order valence-corrected chi connectivity index (χ1v) is 8.55. The molecule has 2 rings (SSSR count). The third-order valence-corrected chi connectivity index (χ3v) is 3.63. The lowest BCUT2D eigenvalue weighted by Crippen LogP contribution is -2.16. The van der Waals surface area contributed by atoms with Gasteiger partial charge in [0, 0.05) is 6.42 Å². The van der Waals surface area contributed by atoms with Gasteiger partial charge in [0.05, 0.1) is 11.1 Å². The summed E-state index contributed by atoms with van der Waals surface area (Å²) in [4.78, 5) is 43.4. The van der Waals surface area contributed by atoms with E-state index in [0.717, 1.165) is 11.1 Å². The predicted octanol–water partition coefficient (Wildman–Crippen LogP) is 4.67. The number of rotatable bonds is 9. The minimum atomic E-state index is -0.685. The zero-order valence-electron chi connectivity index (χ0n) is 15.4. The summed E-state index contributed by atoms with van der Waals surface area (Å²) < 4.78 is 0. The van der Waals surface area contributed by atoms with E-state index in [-0.39, 0.29) is 12.7 Å². The van der Waals surface area contributed by atoms with Crippen LogP contribution in [0.25, 0.3) is 0 Å². The van der Waals surface area contributed by atoms with Crippen molar-refractivity contribution in [2.75, 3.05) is 0 Å². The van der Waals surface area contributed by atoms with Gasteiger partial charge in [0.1, 0.15) is 0 Å². The van der Waals surface area contributed by atoms with Crippen molar-refractivity contribution >= 4 is 11.9 Å². The molecule has 2 radical (unpaired) electrons. The van der Waals surface area contributed by atoms with Gasteiger partial charge < -0.3 is 0 Å². The molecule has 0 N–H and O–H groups in total. The maximum Gasteiger partial charge on any atom is 0.373 e. The predicted molar refractivity (Wildman–Crippen MR) is 97.8 cm³/mol. The first-order chi connectivity index (χ1) is 13.0. The molecule has 0 aliphatic rings. The van der Waals surface area contributed by atoms with Gasteiger partial charge in [-0.2, -0.15) is 0 Å². The quantitative estimate of drug-likeness (QED) is 0.472. The lowest BCUT2D eigenvalue weighted by Gasteiger charge is -2.13. The van der Waals surface area contributed by atoms with E-state index in [2.05, 4.69) is 6.92 Å². The van der Waals surface area contributed by atoms with Gasteiger partial charge in [-0.25, -0.2) is 9.59 Å². The van der Waals surface area contributed by atoms with E-state index >= 15 is 0 Å². The molecule has 0 unspecified atom stereocenters. The molecular formula is C21H22O6. The van der Waals surface area contributed by atoms with E-state index < -0.39 is 11.9 Å². The molecule has 27 heavy (non-hydrogen) atoms. The van der Waals surface area contributed by atoms with Gasteiger partial charge in [-0.15, -0.1) is 9.78 Å². The summed E-state index contributed by atoms with van der Waals surface area (Å²) in [6, 6.07) is 13.6. The van der Waals surface area contributed by atoms with Gasteiger partial charge >= 0.3 is 18.2 Å². The summed E-state index contributed by atoms with van der Waals surface area (Å²) in [6.45, 7) is 7.54. The van der Waals surface area contributed by atoms with Crippen molar-refractivity contribution in [1.82, 2.24) is 0 Å². The molecule has 0 aliphatic carbocycles. The van der Waals surface area contributed by atoms with Gasteiger partial charge in [-0.3, -0.25) is 9.78 Å². The highest BCUT2D eigenvalue weighted by molar-refractivity contribution is 5.89. The summed E-state index contributed by atoms with van der Waals surface area (Å²) in [5.41, 5.74) is 2.69. The molecule has 6 heteroatoms. The summed E-state index contributed by atoms with van der Waals surface area (Å²) in [5, 5.41) is 0. The Balaban J connectivity index is 1.88. The summed E-state index contributed by atoms with van der Waals surface area (Å²) in [5.74, 6) is -1.37. The van der Waals surface area contributed by atoms with Crippen LogP contribution in [-0.2, 0) is 19.6 Å². The molecule has 0 bridgehead atoms. The number of carbonyl (C=O) groups is 2. The molecule has 0 saturated heterocycles. The molecule has 0 aliphatic heterocycles. The highest BCUT2D eigenvalue weighted by atomic mass is 17.3. The van der Waals surface area contributed by atoms with E-state index in [1.54, 1.807) is 48.5 Å². The van der Waals surface area contributed by atoms with Crippen molar-refractivity contribution in [3.05, 3.63) is 84.0 Å². The van der Waals surface area contributed by atoms with Crippen LogP contribution in [-0.4, -0.2) is 11.9 Å². The van der Waals surface area contributed by atoms with Gasteiger partial charge in [0.15, 0.2) is 0 Å². The SMILES string of the molecule is [CH2]CCC[C](OOC(=O)c1ccc(C)cc1)OOC(=O)c1ccc(C)cc1. The molecule has 2 aromatic carbocycles. The molecule has 2 aromatic rings. The van der Waals surface area contributed by atoms with Crippen molar-refractivity contribution < 1.29 is 29.1 Å². The molecule has 0 spiro atoms. The van der Waals surface area contributed by atoms with Crippen LogP contribution >= 0.6 is 0 Å². The van der Waals surface area contributed by atoms with E-state index in [9.17, 15) is 9.59 Å². The Hall–Kier alpha value is -2.70. The van der Waals surface area contributed by atoms with Crippen LogP contribution in [0.1, 0.15) is 51.1 Å². The number of hydrogen-bond acceptors (Lipinski definition) is 6. The normalized spacial score (nSPS) is 10.7. The fourth-order valence-corrected chi connectivity index (χ4v) is 2.01. The molecule has 0 amide bonds. The van der Waals surface area contributed by atoms with Crippen molar-refractivity contribution in [3.8, 4) is 0 Å².